The summed E-state index contributed by atoms with van der Waals surface area (Å²) in [6.45, 7) is 9.58. The Kier molecular flexibility index (Phi) is 7.17. The lowest BCUT2D eigenvalue weighted by Gasteiger charge is -2.24. The number of aromatic nitrogens is 1. The Hall–Kier alpha value is -2.51. The second kappa shape index (κ2) is 9.80. The van der Waals surface area contributed by atoms with E-state index in [0.717, 1.165) is 29.1 Å². The molecule has 0 bridgehead atoms. The average Bonchev–Trinajstić information content (AvgIpc) is 3.14. The van der Waals surface area contributed by atoms with Gasteiger partial charge in [-0.05, 0) is 50.3 Å². The Bertz CT molecular complexity index is 972. The van der Waals surface area contributed by atoms with Crippen LogP contribution in [-0.4, -0.2) is 48.6 Å². The van der Waals surface area contributed by atoms with Crippen molar-refractivity contribution in [1.82, 2.24) is 9.88 Å². The Labute approximate surface area is 174 Å². The molecule has 7 heteroatoms. The Morgan fingerprint density at radius 1 is 1.10 bits per heavy atom. The molecular formula is C22H26FN3O2S. The van der Waals surface area contributed by atoms with Crippen LogP contribution >= 0.6 is 11.3 Å². The quantitative estimate of drug-likeness (QED) is 0.503. The number of carbonyl (C=O) groups is 1. The van der Waals surface area contributed by atoms with Gasteiger partial charge in [-0.15, -0.1) is 0 Å². The summed E-state index contributed by atoms with van der Waals surface area (Å²) in [5.41, 5.74) is 0.851. The fraction of sp³-hybridized carbons (Fsp3) is 0.364. The first-order valence-corrected chi connectivity index (χ1v) is 10.7. The Morgan fingerprint density at radius 3 is 2.55 bits per heavy atom. The van der Waals surface area contributed by atoms with E-state index in [1.165, 1.54) is 23.5 Å². The number of anilines is 1. The molecule has 3 aromatic rings. The average molecular weight is 416 g/mol. The lowest BCUT2D eigenvalue weighted by molar-refractivity contribution is 0.0980. The summed E-state index contributed by atoms with van der Waals surface area (Å²) in [5, 5.41) is 0.564. The van der Waals surface area contributed by atoms with Crippen LogP contribution in [0.1, 0.15) is 31.1 Å². The molecule has 0 N–H and O–H groups in total. The second-order valence-corrected chi connectivity index (χ2v) is 7.53. The van der Waals surface area contributed by atoms with Crippen LogP contribution in [0.15, 0.2) is 42.5 Å². The first-order chi connectivity index (χ1) is 14.1. The second-order valence-electron chi connectivity index (χ2n) is 6.52. The van der Waals surface area contributed by atoms with Crippen molar-refractivity contribution in [3.8, 4) is 5.75 Å². The van der Waals surface area contributed by atoms with Gasteiger partial charge in [-0.3, -0.25) is 9.69 Å². The van der Waals surface area contributed by atoms with Crippen molar-refractivity contribution >= 4 is 32.6 Å². The monoisotopic (exact) mass is 415 g/mol. The van der Waals surface area contributed by atoms with E-state index in [1.807, 2.05) is 25.1 Å². The summed E-state index contributed by atoms with van der Waals surface area (Å²) >= 11 is 1.41. The van der Waals surface area contributed by atoms with Crippen LogP contribution in [0.3, 0.4) is 0 Å². The van der Waals surface area contributed by atoms with Gasteiger partial charge in [0.15, 0.2) is 5.13 Å². The van der Waals surface area contributed by atoms with E-state index in [-0.39, 0.29) is 11.5 Å². The van der Waals surface area contributed by atoms with Crippen LogP contribution in [-0.2, 0) is 0 Å². The number of halogens is 1. The lowest BCUT2D eigenvalue weighted by atomic mass is 10.2. The van der Waals surface area contributed by atoms with Crippen molar-refractivity contribution in [2.75, 3.05) is 37.7 Å². The normalized spacial score (nSPS) is 11.2. The summed E-state index contributed by atoms with van der Waals surface area (Å²) in [7, 11) is 0. The predicted octanol–water partition coefficient (Wildman–Crippen LogP) is 4.82. The number of thiazole rings is 1. The third kappa shape index (κ3) is 4.92. The van der Waals surface area contributed by atoms with Gasteiger partial charge in [-0.25, -0.2) is 9.37 Å². The maximum absolute atomic E-state index is 14.3. The highest BCUT2D eigenvalue weighted by Gasteiger charge is 2.24. The van der Waals surface area contributed by atoms with Gasteiger partial charge in [0, 0.05) is 13.1 Å². The molecule has 0 fully saturated rings. The molecule has 0 aliphatic carbocycles. The molecular weight excluding hydrogens is 389 g/mol. The topological polar surface area (TPSA) is 45.7 Å². The summed E-state index contributed by atoms with van der Waals surface area (Å²) < 4.78 is 20.8. The summed E-state index contributed by atoms with van der Waals surface area (Å²) in [4.78, 5) is 21.7. The van der Waals surface area contributed by atoms with Crippen molar-refractivity contribution in [1.29, 1.82) is 0 Å². The maximum atomic E-state index is 14.3. The van der Waals surface area contributed by atoms with Gasteiger partial charge in [-0.2, -0.15) is 0 Å². The minimum atomic E-state index is -0.523. The number of ether oxygens (including phenoxy) is 1. The van der Waals surface area contributed by atoms with E-state index in [1.54, 1.807) is 17.0 Å². The van der Waals surface area contributed by atoms with Gasteiger partial charge < -0.3 is 9.64 Å². The van der Waals surface area contributed by atoms with E-state index in [2.05, 4.69) is 23.7 Å². The van der Waals surface area contributed by atoms with Crippen LogP contribution < -0.4 is 9.64 Å². The molecule has 1 aromatic heterocycles. The van der Waals surface area contributed by atoms with E-state index < -0.39 is 5.82 Å². The number of fused-ring (bicyclic) bond motifs is 1. The molecule has 154 valence electrons. The van der Waals surface area contributed by atoms with E-state index in [0.29, 0.717) is 24.8 Å². The number of nitrogens with zero attached hydrogens (tertiary/aromatic N) is 3. The molecule has 3 rings (SSSR count). The van der Waals surface area contributed by atoms with Crippen LogP contribution in [0, 0.1) is 5.82 Å². The van der Waals surface area contributed by atoms with Gasteiger partial charge in [0.1, 0.15) is 11.6 Å². The number of amides is 1. The van der Waals surface area contributed by atoms with Crippen LogP contribution in [0.2, 0.25) is 0 Å². The zero-order valence-corrected chi connectivity index (χ0v) is 17.8. The first-order valence-electron chi connectivity index (χ1n) is 9.89. The maximum Gasteiger partial charge on any atom is 0.263 e. The number of hydrogen-bond donors (Lipinski definition) is 0. The van der Waals surface area contributed by atoms with E-state index in [9.17, 15) is 9.18 Å². The van der Waals surface area contributed by atoms with Crippen molar-refractivity contribution in [2.24, 2.45) is 0 Å². The number of carbonyl (C=O) groups excluding carboxylic acids is 1. The van der Waals surface area contributed by atoms with Crippen LogP contribution in [0.4, 0.5) is 9.52 Å². The molecule has 1 amide bonds. The number of hydrogen-bond acceptors (Lipinski definition) is 5. The van der Waals surface area contributed by atoms with E-state index >= 15 is 0 Å². The highest BCUT2D eigenvalue weighted by Crippen LogP contribution is 2.32. The lowest BCUT2D eigenvalue weighted by Crippen LogP contribution is -2.39. The molecule has 0 aliphatic heterocycles. The van der Waals surface area contributed by atoms with Crippen LogP contribution in [0.5, 0.6) is 5.75 Å². The smallest absolute Gasteiger partial charge is 0.263 e. The number of rotatable bonds is 9. The molecule has 0 saturated carbocycles. The summed E-state index contributed by atoms with van der Waals surface area (Å²) in [6, 6.07) is 11.8. The molecule has 5 nitrogen and oxygen atoms in total. The van der Waals surface area contributed by atoms with Gasteiger partial charge in [0.05, 0.1) is 22.4 Å². The number of likely N-dealkylation sites (N-methyl/N-ethyl adjacent to an activating group) is 1. The molecule has 0 radical (unpaired) electrons. The Balaban J connectivity index is 1.96. The van der Waals surface area contributed by atoms with Gasteiger partial charge in [-0.1, -0.05) is 37.3 Å². The summed E-state index contributed by atoms with van der Waals surface area (Å²) in [6.07, 6.45) is 0. The van der Waals surface area contributed by atoms with Gasteiger partial charge in [0.25, 0.3) is 5.91 Å². The van der Waals surface area contributed by atoms with Crippen molar-refractivity contribution < 1.29 is 13.9 Å². The highest BCUT2D eigenvalue weighted by molar-refractivity contribution is 7.22. The Morgan fingerprint density at radius 2 is 1.86 bits per heavy atom. The SMILES string of the molecule is CCOc1ccc2nc(N(CCN(CC)CC)C(=O)c3ccccc3F)sc2c1. The summed E-state index contributed by atoms with van der Waals surface area (Å²) in [5.74, 6) is -0.130. The molecule has 0 saturated heterocycles. The standard InChI is InChI=1S/C22H26FN3O2S/c1-4-25(5-2)13-14-26(21(27)17-9-7-8-10-18(17)23)22-24-19-12-11-16(28-6-3)15-20(19)29-22/h7-12,15H,4-6,13-14H2,1-3H3. The fourth-order valence-electron chi connectivity index (χ4n) is 3.11. The largest absolute Gasteiger partial charge is 0.494 e. The first kappa shape index (κ1) is 21.2. The minimum absolute atomic E-state index is 0.0568. The minimum Gasteiger partial charge on any atom is -0.494 e. The molecule has 0 aliphatic rings. The van der Waals surface area contributed by atoms with E-state index in [4.69, 9.17) is 4.74 Å². The third-order valence-electron chi connectivity index (χ3n) is 4.77. The van der Waals surface area contributed by atoms with Gasteiger partial charge >= 0.3 is 0 Å². The zero-order chi connectivity index (χ0) is 20.8. The molecule has 29 heavy (non-hydrogen) atoms. The molecule has 2 aromatic carbocycles. The fourth-order valence-corrected chi connectivity index (χ4v) is 4.13. The molecule has 0 spiro atoms. The van der Waals surface area contributed by atoms with Crippen molar-refractivity contribution in [3.63, 3.8) is 0 Å². The molecule has 1 heterocycles. The molecule has 0 unspecified atom stereocenters. The molecule has 0 atom stereocenters. The van der Waals surface area contributed by atoms with Crippen molar-refractivity contribution in [3.05, 3.63) is 53.8 Å². The zero-order valence-electron chi connectivity index (χ0n) is 17.0. The van der Waals surface area contributed by atoms with Crippen molar-refractivity contribution in [2.45, 2.75) is 20.8 Å². The predicted molar refractivity (Wildman–Crippen MR) is 117 cm³/mol. The third-order valence-corrected chi connectivity index (χ3v) is 5.82. The highest BCUT2D eigenvalue weighted by atomic mass is 32.1. The number of benzene rings is 2. The van der Waals surface area contributed by atoms with Crippen LogP contribution in [0.25, 0.3) is 10.2 Å². The van der Waals surface area contributed by atoms with Gasteiger partial charge in [0.2, 0.25) is 0 Å².